The van der Waals surface area contributed by atoms with E-state index in [-0.39, 0.29) is 21.2 Å². The molecular formula is C16H15ClN2O5S. The molecule has 0 aromatic heterocycles. The Labute approximate surface area is 149 Å². The van der Waals surface area contributed by atoms with Crippen LogP contribution < -0.4 is 10.5 Å². The highest BCUT2D eigenvalue weighted by Gasteiger charge is 2.19. The Hall–Kier alpha value is -2.58. The van der Waals surface area contributed by atoms with Gasteiger partial charge in [0.15, 0.2) is 6.10 Å². The summed E-state index contributed by atoms with van der Waals surface area (Å²) < 4.78 is 31.9. The lowest BCUT2D eigenvalue weighted by molar-refractivity contribution is -0.125. The summed E-state index contributed by atoms with van der Waals surface area (Å²) in [6, 6.07) is 11.4. The van der Waals surface area contributed by atoms with Crippen molar-refractivity contribution in [2.45, 2.75) is 17.9 Å². The van der Waals surface area contributed by atoms with E-state index in [0.717, 1.165) is 0 Å². The van der Waals surface area contributed by atoms with Gasteiger partial charge in [-0.15, -0.1) is 0 Å². The van der Waals surface area contributed by atoms with Crippen molar-refractivity contribution in [3.05, 3.63) is 59.1 Å². The molecule has 0 aliphatic carbocycles. The molecule has 0 heterocycles. The normalized spacial score (nSPS) is 12.2. The fourth-order valence-corrected chi connectivity index (χ4v) is 3.12. The number of hydrogen-bond donors (Lipinski definition) is 2. The second kappa shape index (κ2) is 7.54. The van der Waals surface area contributed by atoms with Gasteiger partial charge in [-0.2, -0.15) is 0 Å². The van der Waals surface area contributed by atoms with Gasteiger partial charge in [-0.25, -0.2) is 13.2 Å². The van der Waals surface area contributed by atoms with Crippen LogP contribution in [0.1, 0.15) is 17.3 Å². The second-order valence-electron chi connectivity index (χ2n) is 5.06. The third kappa shape index (κ3) is 4.71. The van der Waals surface area contributed by atoms with Gasteiger partial charge < -0.3 is 10.5 Å². The Morgan fingerprint density at radius 3 is 2.28 bits per heavy atom. The number of anilines is 1. The van der Waals surface area contributed by atoms with Gasteiger partial charge in [0.2, 0.25) is 0 Å². The lowest BCUT2D eigenvalue weighted by Gasteiger charge is -2.11. The summed E-state index contributed by atoms with van der Waals surface area (Å²) in [5, 5.41) is 0.256. The van der Waals surface area contributed by atoms with Crippen molar-refractivity contribution in [3.63, 3.8) is 0 Å². The molecule has 132 valence electrons. The van der Waals surface area contributed by atoms with E-state index in [9.17, 15) is 18.0 Å². The number of ether oxygens (including phenoxy) is 1. The number of carbonyl (C=O) groups is 2. The smallest absolute Gasteiger partial charge is 0.338 e. The fraction of sp³-hybridized carbons (Fsp3) is 0.125. The highest BCUT2D eigenvalue weighted by molar-refractivity contribution is 7.92. The zero-order valence-corrected chi connectivity index (χ0v) is 14.7. The van der Waals surface area contributed by atoms with Gasteiger partial charge in [0.1, 0.15) is 0 Å². The first-order valence-electron chi connectivity index (χ1n) is 7.08. The van der Waals surface area contributed by atoms with Crippen LogP contribution in [0.4, 0.5) is 5.69 Å². The molecule has 0 aliphatic heterocycles. The molecule has 2 rings (SSSR count). The summed E-state index contributed by atoms with van der Waals surface area (Å²) in [5.41, 5.74) is 5.34. The van der Waals surface area contributed by atoms with Crippen LogP contribution in [0.2, 0.25) is 5.02 Å². The minimum atomic E-state index is -3.88. The predicted octanol–water partition coefficient (Wildman–Crippen LogP) is 2.17. The standard InChI is InChI=1S/C16H15ClN2O5S/c1-10(15(18)20)24-16(21)11-6-8-12(9-7-11)25(22,23)19-14-5-3-2-4-13(14)17/h2-10,19H,1H3,(H2,18,20)/t10-/m0/s1. The monoisotopic (exact) mass is 382 g/mol. The zero-order valence-electron chi connectivity index (χ0n) is 13.1. The van der Waals surface area contributed by atoms with Gasteiger partial charge in [-0.05, 0) is 43.3 Å². The van der Waals surface area contributed by atoms with Crippen molar-refractivity contribution >= 4 is 39.2 Å². The quantitative estimate of drug-likeness (QED) is 0.743. The molecule has 0 fully saturated rings. The van der Waals surface area contributed by atoms with Crippen molar-refractivity contribution in [2.24, 2.45) is 5.73 Å². The van der Waals surface area contributed by atoms with Crippen molar-refractivity contribution in [3.8, 4) is 0 Å². The summed E-state index contributed by atoms with van der Waals surface area (Å²) in [4.78, 5) is 22.7. The van der Waals surface area contributed by atoms with E-state index in [4.69, 9.17) is 22.1 Å². The summed E-state index contributed by atoms with van der Waals surface area (Å²) >= 11 is 5.93. The van der Waals surface area contributed by atoms with Crippen LogP contribution in [0, 0.1) is 0 Å². The number of esters is 1. The summed E-state index contributed by atoms with van der Waals surface area (Å²) in [6.07, 6.45) is -1.09. The molecule has 0 unspecified atom stereocenters. The average molecular weight is 383 g/mol. The molecule has 0 radical (unpaired) electrons. The Bertz CT molecular complexity index is 897. The maximum absolute atomic E-state index is 12.4. The van der Waals surface area contributed by atoms with Crippen LogP contribution in [0.15, 0.2) is 53.4 Å². The molecule has 0 spiro atoms. The molecule has 3 N–H and O–H groups in total. The number of hydrogen-bond acceptors (Lipinski definition) is 5. The first kappa shape index (κ1) is 18.8. The summed E-state index contributed by atoms with van der Waals surface area (Å²) in [6.45, 7) is 1.34. The first-order chi connectivity index (χ1) is 11.7. The predicted molar refractivity (Wildman–Crippen MR) is 92.8 cm³/mol. The van der Waals surface area contributed by atoms with Gasteiger partial charge in [0.25, 0.3) is 15.9 Å². The minimum absolute atomic E-state index is 0.0630. The Morgan fingerprint density at radius 1 is 1.12 bits per heavy atom. The number of carbonyl (C=O) groups excluding carboxylic acids is 2. The topological polar surface area (TPSA) is 116 Å². The van der Waals surface area contributed by atoms with Crippen LogP contribution in [-0.4, -0.2) is 26.4 Å². The van der Waals surface area contributed by atoms with E-state index in [1.54, 1.807) is 18.2 Å². The van der Waals surface area contributed by atoms with Crippen LogP contribution in [0.3, 0.4) is 0 Å². The molecule has 7 nitrogen and oxygen atoms in total. The van der Waals surface area contributed by atoms with E-state index in [1.165, 1.54) is 37.3 Å². The molecule has 0 aliphatic rings. The zero-order chi connectivity index (χ0) is 18.6. The molecule has 0 saturated carbocycles. The molecule has 2 aromatic carbocycles. The molecule has 0 bridgehead atoms. The molecule has 25 heavy (non-hydrogen) atoms. The number of nitrogens with two attached hydrogens (primary N) is 1. The highest BCUT2D eigenvalue weighted by atomic mass is 35.5. The number of nitrogens with one attached hydrogen (secondary N) is 1. The Morgan fingerprint density at radius 2 is 1.72 bits per heavy atom. The van der Waals surface area contributed by atoms with Gasteiger partial charge in [-0.1, -0.05) is 23.7 Å². The van der Waals surface area contributed by atoms with Crippen molar-refractivity contribution in [1.29, 1.82) is 0 Å². The molecular weight excluding hydrogens is 368 g/mol. The molecule has 2 aromatic rings. The van der Waals surface area contributed by atoms with E-state index in [1.807, 2.05) is 0 Å². The third-order valence-corrected chi connectivity index (χ3v) is 4.91. The maximum Gasteiger partial charge on any atom is 0.338 e. The van der Waals surface area contributed by atoms with E-state index >= 15 is 0 Å². The Kier molecular flexibility index (Phi) is 5.66. The highest BCUT2D eigenvalue weighted by Crippen LogP contribution is 2.24. The molecule has 0 saturated heterocycles. The number of primary amides is 1. The number of sulfonamides is 1. The molecule has 1 amide bonds. The maximum atomic E-state index is 12.4. The summed E-state index contributed by atoms with van der Waals surface area (Å²) in [5.74, 6) is -1.56. The van der Waals surface area contributed by atoms with Crippen LogP contribution in [-0.2, 0) is 19.6 Å². The summed E-state index contributed by atoms with van der Waals surface area (Å²) in [7, 11) is -3.88. The van der Waals surface area contributed by atoms with Crippen molar-refractivity contribution in [2.75, 3.05) is 4.72 Å². The van der Waals surface area contributed by atoms with Gasteiger partial charge in [0.05, 0.1) is 21.2 Å². The molecule has 9 heteroatoms. The van der Waals surface area contributed by atoms with Crippen LogP contribution >= 0.6 is 11.6 Å². The van der Waals surface area contributed by atoms with E-state index in [2.05, 4.69) is 4.72 Å². The minimum Gasteiger partial charge on any atom is -0.449 e. The lowest BCUT2D eigenvalue weighted by Crippen LogP contribution is -2.30. The van der Waals surface area contributed by atoms with Gasteiger partial charge in [-0.3, -0.25) is 9.52 Å². The average Bonchev–Trinajstić information content (AvgIpc) is 2.56. The van der Waals surface area contributed by atoms with E-state index < -0.39 is 28.0 Å². The van der Waals surface area contributed by atoms with Crippen molar-refractivity contribution in [1.82, 2.24) is 0 Å². The van der Waals surface area contributed by atoms with Gasteiger partial charge >= 0.3 is 5.97 Å². The second-order valence-corrected chi connectivity index (χ2v) is 7.15. The number of amides is 1. The van der Waals surface area contributed by atoms with Crippen LogP contribution in [0.25, 0.3) is 0 Å². The Balaban J connectivity index is 2.17. The number of halogens is 1. The van der Waals surface area contributed by atoms with Crippen molar-refractivity contribution < 1.29 is 22.7 Å². The lowest BCUT2D eigenvalue weighted by atomic mass is 10.2. The number of rotatable bonds is 6. The first-order valence-corrected chi connectivity index (χ1v) is 8.94. The fourth-order valence-electron chi connectivity index (χ4n) is 1.80. The SMILES string of the molecule is C[C@H](OC(=O)c1ccc(S(=O)(=O)Nc2ccccc2Cl)cc1)C(N)=O. The molecule has 1 atom stereocenters. The largest absolute Gasteiger partial charge is 0.449 e. The van der Waals surface area contributed by atoms with Gasteiger partial charge in [0, 0.05) is 0 Å². The third-order valence-electron chi connectivity index (χ3n) is 3.20. The number of benzene rings is 2. The van der Waals surface area contributed by atoms with Crippen LogP contribution in [0.5, 0.6) is 0 Å². The number of para-hydroxylation sites is 1. The van der Waals surface area contributed by atoms with E-state index in [0.29, 0.717) is 0 Å².